The molecule has 0 radical (unpaired) electrons. The molecule has 0 saturated heterocycles. The molecular weight excluding hydrogens is 245 g/mol. The van der Waals surface area contributed by atoms with Crippen LogP contribution in [0.2, 0.25) is 5.02 Å². The first-order valence-corrected chi connectivity index (χ1v) is 5.41. The molecular formula is C12H11ClFNO2. The zero-order valence-electron chi connectivity index (χ0n) is 9.17. The Labute approximate surface area is 103 Å². The summed E-state index contributed by atoms with van der Waals surface area (Å²) in [6.07, 6.45) is 1.55. The molecule has 17 heavy (non-hydrogen) atoms. The van der Waals surface area contributed by atoms with Gasteiger partial charge in [-0.2, -0.15) is 0 Å². The lowest BCUT2D eigenvalue weighted by atomic mass is 10.2. The van der Waals surface area contributed by atoms with Gasteiger partial charge in [-0.15, -0.1) is 0 Å². The van der Waals surface area contributed by atoms with Gasteiger partial charge >= 0.3 is 0 Å². The Hall–Kier alpha value is -1.68. The predicted molar refractivity (Wildman–Crippen MR) is 64.0 cm³/mol. The summed E-state index contributed by atoms with van der Waals surface area (Å²) < 4.78 is 24.0. The van der Waals surface area contributed by atoms with E-state index in [1.54, 1.807) is 25.4 Å². The number of halogens is 2. The first-order valence-electron chi connectivity index (χ1n) is 5.03. The molecule has 1 N–H and O–H groups in total. The molecule has 1 aromatic carbocycles. The van der Waals surface area contributed by atoms with Crippen molar-refractivity contribution in [1.82, 2.24) is 0 Å². The molecule has 0 unspecified atom stereocenters. The van der Waals surface area contributed by atoms with E-state index in [0.29, 0.717) is 10.8 Å². The van der Waals surface area contributed by atoms with Crippen LogP contribution in [0.1, 0.15) is 5.76 Å². The third kappa shape index (κ3) is 2.53. The highest BCUT2D eigenvalue weighted by molar-refractivity contribution is 6.32. The van der Waals surface area contributed by atoms with Gasteiger partial charge in [-0.05, 0) is 24.3 Å². The smallest absolute Gasteiger partial charge is 0.164 e. The van der Waals surface area contributed by atoms with E-state index in [1.807, 2.05) is 0 Å². The highest BCUT2D eigenvalue weighted by Gasteiger charge is 2.13. The number of furan rings is 1. The molecule has 0 aliphatic carbocycles. The lowest BCUT2D eigenvalue weighted by Crippen LogP contribution is -2.01. The van der Waals surface area contributed by atoms with Crippen molar-refractivity contribution in [3.8, 4) is 5.75 Å². The third-order valence-corrected chi connectivity index (χ3v) is 2.55. The maximum atomic E-state index is 13.5. The first kappa shape index (κ1) is 11.8. The molecule has 2 aromatic rings. The lowest BCUT2D eigenvalue weighted by molar-refractivity contribution is 0.271. The standard InChI is InChI=1S/C12H11ClFNO2/c1-15-11-10(14)5-4-9(13)12(11)17-7-8-3-2-6-16-8/h2-6,15H,7H2,1H3. The Morgan fingerprint density at radius 1 is 1.41 bits per heavy atom. The fourth-order valence-corrected chi connectivity index (χ4v) is 1.66. The summed E-state index contributed by atoms with van der Waals surface area (Å²) in [5.74, 6) is 0.518. The van der Waals surface area contributed by atoms with Crippen LogP contribution in [0.5, 0.6) is 5.75 Å². The van der Waals surface area contributed by atoms with Crippen LogP contribution in [-0.2, 0) is 6.61 Å². The van der Waals surface area contributed by atoms with Gasteiger partial charge in [0.1, 0.15) is 23.9 Å². The van der Waals surface area contributed by atoms with E-state index in [2.05, 4.69) is 5.32 Å². The SMILES string of the molecule is CNc1c(F)ccc(Cl)c1OCc1ccco1. The maximum absolute atomic E-state index is 13.5. The Morgan fingerprint density at radius 3 is 2.88 bits per heavy atom. The van der Waals surface area contributed by atoms with Crippen LogP contribution in [0.3, 0.4) is 0 Å². The zero-order chi connectivity index (χ0) is 12.3. The molecule has 0 saturated carbocycles. The van der Waals surface area contributed by atoms with E-state index >= 15 is 0 Å². The van der Waals surface area contributed by atoms with Crippen LogP contribution in [0.25, 0.3) is 0 Å². The van der Waals surface area contributed by atoms with Crippen LogP contribution in [0.15, 0.2) is 34.9 Å². The molecule has 1 aromatic heterocycles. The minimum absolute atomic E-state index is 0.199. The minimum atomic E-state index is -0.411. The average Bonchev–Trinajstić information content (AvgIpc) is 2.83. The van der Waals surface area contributed by atoms with Crippen molar-refractivity contribution in [2.45, 2.75) is 6.61 Å². The van der Waals surface area contributed by atoms with E-state index in [1.165, 1.54) is 12.1 Å². The van der Waals surface area contributed by atoms with Gasteiger partial charge in [0.05, 0.1) is 11.3 Å². The van der Waals surface area contributed by atoms with E-state index in [4.69, 9.17) is 20.8 Å². The van der Waals surface area contributed by atoms with Crippen molar-refractivity contribution in [3.63, 3.8) is 0 Å². The number of benzene rings is 1. The second kappa shape index (κ2) is 5.10. The van der Waals surface area contributed by atoms with Gasteiger partial charge in [0, 0.05) is 7.05 Å². The molecule has 0 amide bonds. The largest absolute Gasteiger partial charge is 0.482 e. The van der Waals surface area contributed by atoms with E-state index in [0.717, 1.165) is 0 Å². The third-order valence-electron chi connectivity index (χ3n) is 2.25. The van der Waals surface area contributed by atoms with Gasteiger partial charge in [0.15, 0.2) is 5.75 Å². The van der Waals surface area contributed by atoms with Gasteiger partial charge in [0.2, 0.25) is 0 Å². The van der Waals surface area contributed by atoms with Gasteiger partial charge in [-0.1, -0.05) is 11.6 Å². The topological polar surface area (TPSA) is 34.4 Å². The van der Waals surface area contributed by atoms with Gasteiger partial charge in [0.25, 0.3) is 0 Å². The predicted octanol–water partition coefficient (Wildman–Crippen LogP) is 3.69. The Kier molecular flexibility index (Phi) is 3.54. The molecule has 0 atom stereocenters. The fourth-order valence-electron chi connectivity index (χ4n) is 1.45. The summed E-state index contributed by atoms with van der Waals surface area (Å²) in [7, 11) is 1.61. The molecule has 0 spiro atoms. The van der Waals surface area contributed by atoms with Crippen LogP contribution < -0.4 is 10.1 Å². The van der Waals surface area contributed by atoms with Gasteiger partial charge in [-0.3, -0.25) is 0 Å². The van der Waals surface area contributed by atoms with Crippen molar-refractivity contribution in [1.29, 1.82) is 0 Å². The lowest BCUT2D eigenvalue weighted by Gasteiger charge is -2.12. The molecule has 5 heteroatoms. The summed E-state index contributed by atoms with van der Waals surface area (Å²) in [5.41, 5.74) is 0.240. The quantitative estimate of drug-likeness (QED) is 0.905. The van der Waals surface area contributed by atoms with Crippen LogP contribution in [0, 0.1) is 5.82 Å². The van der Waals surface area contributed by atoms with Crippen molar-refractivity contribution in [2.75, 3.05) is 12.4 Å². The summed E-state index contributed by atoms with van der Waals surface area (Å²) >= 11 is 5.96. The van der Waals surface area contributed by atoms with E-state index in [-0.39, 0.29) is 18.0 Å². The fraction of sp³-hybridized carbons (Fsp3) is 0.167. The molecule has 1 heterocycles. The van der Waals surface area contributed by atoms with Crippen molar-refractivity contribution < 1.29 is 13.5 Å². The van der Waals surface area contributed by atoms with E-state index < -0.39 is 5.82 Å². The van der Waals surface area contributed by atoms with Gasteiger partial charge < -0.3 is 14.5 Å². The molecule has 0 aliphatic heterocycles. The minimum Gasteiger partial charge on any atom is -0.482 e. The van der Waals surface area contributed by atoms with Crippen LogP contribution >= 0.6 is 11.6 Å². The number of rotatable bonds is 4. The summed E-state index contributed by atoms with van der Waals surface area (Å²) in [5, 5.41) is 3.07. The average molecular weight is 256 g/mol. The maximum Gasteiger partial charge on any atom is 0.164 e. The number of nitrogens with one attached hydrogen (secondary N) is 1. The zero-order valence-corrected chi connectivity index (χ0v) is 9.92. The monoisotopic (exact) mass is 255 g/mol. The van der Waals surface area contributed by atoms with Crippen molar-refractivity contribution >= 4 is 17.3 Å². The van der Waals surface area contributed by atoms with Crippen LogP contribution in [-0.4, -0.2) is 7.05 Å². The van der Waals surface area contributed by atoms with Gasteiger partial charge in [-0.25, -0.2) is 4.39 Å². The molecule has 90 valence electrons. The molecule has 0 aliphatic rings. The van der Waals surface area contributed by atoms with Crippen molar-refractivity contribution in [3.05, 3.63) is 47.1 Å². The summed E-state index contributed by atoms with van der Waals surface area (Å²) in [6.45, 7) is 0.199. The normalized spacial score (nSPS) is 10.3. The molecule has 3 nitrogen and oxygen atoms in total. The Morgan fingerprint density at radius 2 is 2.24 bits per heavy atom. The number of ether oxygens (including phenoxy) is 1. The Bertz CT molecular complexity index is 499. The molecule has 0 fully saturated rings. The second-order valence-electron chi connectivity index (χ2n) is 3.35. The molecule has 2 rings (SSSR count). The van der Waals surface area contributed by atoms with Crippen molar-refractivity contribution in [2.24, 2.45) is 0 Å². The van der Waals surface area contributed by atoms with E-state index in [9.17, 15) is 4.39 Å². The first-order chi connectivity index (χ1) is 8.22. The summed E-state index contributed by atoms with van der Waals surface area (Å²) in [6, 6.07) is 6.26. The number of anilines is 1. The number of hydrogen-bond acceptors (Lipinski definition) is 3. The number of hydrogen-bond donors (Lipinski definition) is 1. The highest BCUT2D eigenvalue weighted by Crippen LogP contribution is 2.35. The van der Waals surface area contributed by atoms with Crippen LogP contribution in [0.4, 0.5) is 10.1 Å². The Balaban J connectivity index is 2.22. The molecule has 0 bridgehead atoms. The summed E-state index contributed by atoms with van der Waals surface area (Å²) in [4.78, 5) is 0. The second-order valence-corrected chi connectivity index (χ2v) is 3.76. The highest BCUT2D eigenvalue weighted by atomic mass is 35.5.